The topological polar surface area (TPSA) is 81.8 Å². The highest BCUT2D eigenvalue weighted by Crippen LogP contribution is 2.41. The van der Waals surface area contributed by atoms with E-state index in [-0.39, 0.29) is 18.5 Å². The largest absolute Gasteiger partial charge is 0.475 e. The Hall–Kier alpha value is -2.50. The zero-order valence-electron chi connectivity index (χ0n) is 11.0. The third kappa shape index (κ3) is 1.99. The number of ether oxygens (including phenoxy) is 2. The van der Waals surface area contributed by atoms with Gasteiger partial charge in [-0.3, -0.25) is 0 Å². The smallest absolute Gasteiger partial charge is 0.374 e. The first kappa shape index (κ1) is 12.5. The van der Waals surface area contributed by atoms with Crippen molar-refractivity contribution in [3.8, 4) is 22.8 Å². The van der Waals surface area contributed by atoms with Crippen molar-refractivity contribution in [2.75, 3.05) is 6.79 Å². The van der Waals surface area contributed by atoms with E-state index in [1.807, 2.05) is 19.9 Å². The van der Waals surface area contributed by atoms with E-state index in [0.717, 1.165) is 11.1 Å². The van der Waals surface area contributed by atoms with E-state index in [0.29, 0.717) is 17.2 Å². The number of fused-ring (bicyclic) bond motifs is 1. The molecule has 0 saturated heterocycles. The molecule has 1 aliphatic heterocycles. The van der Waals surface area contributed by atoms with Gasteiger partial charge < -0.3 is 19.1 Å². The van der Waals surface area contributed by atoms with Crippen LogP contribution in [0.15, 0.2) is 22.7 Å². The van der Waals surface area contributed by atoms with Crippen molar-refractivity contribution in [3.63, 3.8) is 0 Å². The van der Waals surface area contributed by atoms with E-state index in [4.69, 9.17) is 19.1 Å². The Morgan fingerprint density at radius 2 is 1.95 bits per heavy atom. The summed E-state index contributed by atoms with van der Waals surface area (Å²) >= 11 is 0. The molecule has 3 rings (SSSR count). The number of hydrogen-bond acceptors (Lipinski definition) is 5. The van der Waals surface area contributed by atoms with Crippen molar-refractivity contribution in [2.45, 2.75) is 19.8 Å². The van der Waals surface area contributed by atoms with Gasteiger partial charge in [-0.05, 0) is 23.6 Å². The average molecular weight is 275 g/mol. The predicted molar refractivity (Wildman–Crippen MR) is 69.1 cm³/mol. The molecule has 6 nitrogen and oxygen atoms in total. The molecule has 20 heavy (non-hydrogen) atoms. The molecule has 0 spiro atoms. The molecule has 1 aliphatic rings. The summed E-state index contributed by atoms with van der Waals surface area (Å²) in [4.78, 5) is 10.9. The lowest BCUT2D eigenvalue weighted by atomic mass is 9.94. The maximum absolute atomic E-state index is 10.9. The van der Waals surface area contributed by atoms with Gasteiger partial charge in [0, 0.05) is 11.6 Å². The van der Waals surface area contributed by atoms with Gasteiger partial charge >= 0.3 is 5.97 Å². The van der Waals surface area contributed by atoms with E-state index in [1.165, 1.54) is 6.07 Å². The maximum Gasteiger partial charge on any atom is 0.374 e. The van der Waals surface area contributed by atoms with Crippen molar-refractivity contribution in [2.24, 2.45) is 0 Å². The molecule has 0 atom stereocenters. The van der Waals surface area contributed by atoms with Gasteiger partial charge in [0.25, 0.3) is 0 Å². The molecule has 0 aliphatic carbocycles. The fourth-order valence-corrected chi connectivity index (χ4v) is 2.16. The summed E-state index contributed by atoms with van der Waals surface area (Å²) in [7, 11) is 0. The van der Waals surface area contributed by atoms with Crippen LogP contribution in [-0.4, -0.2) is 23.0 Å². The van der Waals surface area contributed by atoms with E-state index >= 15 is 0 Å². The second-order valence-corrected chi connectivity index (χ2v) is 4.83. The van der Waals surface area contributed by atoms with Crippen molar-refractivity contribution < 1.29 is 23.9 Å². The Kier molecular flexibility index (Phi) is 2.85. The fourth-order valence-electron chi connectivity index (χ4n) is 2.16. The number of rotatable bonds is 3. The van der Waals surface area contributed by atoms with Crippen LogP contribution >= 0.6 is 0 Å². The Labute approximate surface area is 114 Å². The van der Waals surface area contributed by atoms with Crippen LogP contribution in [0, 0.1) is 0 Å². The maximum atomic E-state index is 10.9. The standard InChI is InChI=1S/C14H13NO5/c1-7(2)8-3-11-12(19-6-18-11)4-9(8)10-5-13(14(16)17)20-15-10/h3-5,7H,6H2,1-2H3,(H,16,17). The third-order valence-electron chi connectivity index (χ3n) is 3.16. The summed E-state index contributed by atoms with van der Waals surface area (Å²) in [6, 6.07) is 5.12. The van der Waals surface area contributed by atoms with Gasteiger partial charge in [-0.2, -0.15) is 0 Å². The molecule has 1 N–H and O–H groups in total. The van der Waals surface area contributed by atoms with Gasteiger partial charge in [-0.25, -0.2) is 4.79 Å². The highest BCUT2D eigenvalue weighted by molar-refractivity contribution is 5.86. The first-order valence-corrected chi connectivity index (χ1v) is 6.20. The number of carboxylic acids is 1. The molecule has 0 fully saturated rings. The third-order valence-corrected chi connectivity index (χ3v) is 3.16. The SMILES string of the molecule is CC(C)c1cc2c(cc1-c1cc(C(=O)O)on1)OCO2. The van der Waals surface area contributed by atoms with Crippen LogP contribution in [-0.2, 0) is 0 Å². The lowest BCUT2D eigenvalue weighted by Crippen LogP contribution is -1.94. The van der Waals surface area contributed by atoms with Crippen molar-refractivity contribution in [1.29, 1.82) is 0 Å². The highest BCUT2D eigenvalue weighted by atomic mass is 16.7. The highest BCUT2D eigenvalue weighted by Gasteiger charge is 2.22. The van der Waals surface area contributed by atoms with Gasteiger partial charge in [0.15, 0.2) is 11.5 Å². The Balaban J connectivity index is 2.13. The molecule has 0 saturated carbocycles. The van der Waals surface area contributed by atoms with Gasteiger partial charge in [-0.1, -0.05) is 19.0 Å². The number of benzene rings is 1. The van der Waals surface area contributed by atoms with Crippen LogP contribution in [0.5, 0.6) is 11.5 Å². The summed E-state index contributed by atoms with van der Waals surface area (Å²) in [5.41, 5.74) is 2.27. The summed E-state index contributed by atoms with van der Waals surface area (Å²) in [5.74, 6) is 0.219. The van der Waals surface area contributed by atoms with Crippen LogP contribution < -0.4 is 9.47 Å². The first-order chi connectivity index (χ1) is 9.56. The van der Waals surface area contributed by atoms with Crippen molar-refractivity contribution in [1.82, 2.24) is 5.16 Å². The number of aromatic carboxylic acids is 1. The number of nitrogens with zero attached hydrogens (tertiary/aromatic N) is 1. The van der Waals surface area contributed by atoms with E-state index in [2.05, 4.69) is 5.16 Å². The molecule has 1 aromatic heterocycles. The Bertz CT molecular complexity index is 674. The number of carboxylic acid groups (broad SMARTS) is 1. The zero-order chi connectivity index (χ0) is 14.3. The lowest BCUT2D eigenvalue weighted by molar-refractivity contribution is 0.0652. The van der Waals surface area contributed by atoms with Gasteiger partial charge in [0.1, 0.15) is 5.69 Å². The Morgan fingerprint density at radius 1 is 1.25 bits per heavy atom. The predicted octanol–water partition coefficient (Wildman–Crippen LogP) is 2.89. The van der Waals surface area contributed by atoms with E-state index in [1.54, 1.807) is 6.07 Å². The van der Waals surface area contributed by atoms with E-state index in [9.17, 15) is 4.79 Å². The molecular weight excluding hydrogens is 262 g/mol. The minimum Gasteiger partial charge on any atom is -0.475 e. The molecule has 0 radical (unpaired) electrons. The molecule has 0 bridgehead atoms. The normalized spacial score (nSPS) is 12.9. The number of hydrogen-bond donors (Lipinski definition) is 1. The van der Waals surface area contributed by atoms with Crippen LogP contribution in [0.2, 0.25) is 0 Å². The first-order valence-electron chi connectivity index (χ1n) is 6.20. The molecule has 104 valence electrons. The zero-order valence-corrected chi connectivity index (χ0v) is 11.0. The summed E-state index contributed by atoms with van der Waals surface area (Å²) in [6.07, 6.45) is 0. The molecular formula is C14H13NO5. The lowest BCUT2D eigenvalue weighted by Gasteiger charge is -2.11. The monoisotopic (exact) mass is 275 g/mol. The molecule has 0 unspecified atom stereocenters. The van der Waals surface area contributed by atoms with Gasteiger partial charge in [0.05, 0.1) is 0 Å². The second-order valence-electron chi connectivity index (χ2n) is 4.83. The van der Waals surface area contributed by atoms with Gasteiger partial charge in [0.2, 0.25) is 12.6 Å². The second kappa shape index (κ2) is 4.56. The summed E-state index contributed by atoms with van der Waals surface area (Å²) in [5, 5.41) is 12.7. The molecule has 0 amide bonds. The average Bonchev–Trinajstić information content (AvgIpc) is 3.05. The number of aromatic nitrogens is 1. The van der Waals surface area contributed by atoms with Gasteiger partial charge in [-0.15, -0.1) is 0 Å². The molecule has 2 aromatic rings. The molecule has 6 heteroatoms. The minimum absolute atomic E-state index is 0.188. The molecule has 2 heterocycles. The molecule has 1 aromatic carbocycles. The van der Waals surface area contributed by atoms with Crippen LogP contribution in [0.25, 0.3) is 11.3 Å². The number of carbonyl (C=O) groups is 1. The van der Waals surface area contributed by atoms with Crippen molar-refractivity contribution in [3.05, 3.63) is 29.5 Å². The summed E-state index contributed by atoms with van der Waals surface area (Å²) < 4.78 is 15.5. The fraction of sp³-hybridized carbons (Fsp3) is 0.286. The van der Waals surface area contributed by atoms with Crippen LogP contribution in [0.3, 0.4) is 0 Å². The van der Waals surface area contributed by atoms with Crippen LogP contribution in [0.1, 0.15) is 35.9 Å². The minimum atomic E-state index is -1.14. The Morgan fingerprint density at radius 3 is 2.55 bits per heavy atom. The summed E-state index contributed by atoms with van der Waals surface area (Å²) in [6.45, 7) is 4.27. The quantitative estimate of drug-likeness (QED) is 0.927. The van der Waals surface area contributed by atoms with Crippen LogP contribution in [0.4, 0.5) is 0 Å². The van der Waals surface area contributed by atoms with E-state index < -0.39 is 5.97 Å². The van der Waals surface area contributed by atoms with Crippen molar-refractivity contribution >= 4 is 5.97 Å².